The van der Waals surface area contributed by atoms with Crippen LogP contribution in [0.2, 0.25) is 0 Å². The van der Waals surface area contributed by atoms with E-state index in [2.05, 4.69) is 18.8 Å². The zero-order valence-electron chi connectivity index (χ0n) is 15.0. The molecule has 0 bridgehead atoms. The molecule has 0 atom stereocenters. The highest BCUT2D eigenvalue weighted by Crippen LogP contribution is 2.27. The number of aromatic nitrogens is 2. The predicted octanol–water partition coefficient (Wildman–Crippen LogP) is 3.89. The van der Waals surface area contributed by atoms with Crippen LogP contribution in [0.4, 0.5) is 0 Å². The Hall–Kier alpha value is -2.32. The van der Waals surface area contributed by atoms with Crippen LogP contribution in [-0.2, 0) is 6.54 Å². The first-order valence-electron chi connectivity index (χ1n) is 8.53. The number of aromatic hydroxyl groups is 2. The summed E-state index contributed by atoms with van der Waals surface area (Å²) >= 11 is 2.58. The third kappa shape index (κ3) is 4.33. The molecule has 0 saturated heterocycles. The maximum atomic E-state index is 12.8. The number of phenolic OH excluding ortho intramolecular Hbond substituents is 2. The van der Waals surface area contributed by atoms with Crippen molar-refractivity contribution < 1.29 is 15.0 Å². The molecule has 0 aliphatic rings. The smallest absolute Gasteiger partial charge is 0.272 e. The Kier molecular flexibility index (Phi) is 5.86. The number of Topliss-reactive ketones (excluding diaryl/α,β-unsaturated/α-hetero) is 1. The van der Waals surface area contributed by atoms with Crippen molar-refractivity contribution in [3.8, 4) is 11.5 Å². The fourth-order valence-electron chi connectivity index (χ4n) is 2.53. The lowest BCUT2D eigenvalue weighted by Crippen LogP contribution is -2.23. The molecule has 0 aliphatic heterocycles. The lowest BCUT2D eigenvalue weighted by atomic mass is 10.1. The molecular formula is C19H20N2O4S2. The van der Waals surface area contributed by atoms with Gasteiger partial charge in [0.05, 0.1) is 11.3 Å². The first-order valence-corrected chi connectivity index (χ1v) is 10.4. The van der Waals surface area contributed by atoms with E-state index in [0.717, 1.165) is 6.42 Å². The Morgan fingerprint density at radius 3 is 2.74 bits per heavy atom. The van der Waals surface area contributed by atoms with Gasteiger partial charge in [0.15, 0.2) is 22.4 Å². The van der Waals surface area contributed by atoms with Gasteiger partial charge in [-0.2, -0.15) is 0 Å². The molecule has 6 nitrogen and oxygen atoms in total. The molecule has 0 radical (unpaired) electrons. The number of thiophene rings is 1. The molecule has 0 saturated carbocycles. The number of carbonyl (C=O) groups is 1. The van der Waals surface area contributed by atoms with E-state index < -0.39 is 0 Å². The van der Waals surface area contributed by atoms with Crippen molar-refractivity contribution >= 4 is 39.1 Å². The van der Waals surface area contributed by atoms with Crippen molar-refractivity contribution in [1.82, 2.24) is 9.55 Å². The van der Waals surface area contributed by atoms with Gasteiger partial charge in [0.2, 0.25) is 0 Å². The second kappa shape index (κ2) is 8.14. The summed E-state index contributed by atoms with van der Waals surface area (Å²) in [6.45, 7) is 4.74. The molecule has 2 heterocycles. The molecule has 2 N–H and O–H groups in total. The number of thioether (sulfide) groups is 1. The average molecular weight is 405 g/mol. The van der Waals surface area contributed by atoms with Crippen LogP contribution in [0.1, 0.15) is 30.6 Å². The monoisotopic (exact) mass is 404 g/mol. The number of fused-ring (bicyclic) bond motifs is 1. The molecule has 142 valence electrons. The van der Waals surface area contributed by atoms with Gasteiger partial charge in [-0.15, -0.1) is 11.3 Å². The standard InChI is InChI=1S/C19H20N2O4S2/c1-11(2)5-7-21-18(25)17-13(6-8-26-17)20-19(21)27-10-16(24)12-3-4-14(22)15(23)9-12/h3-4,6,8-9,11,22-23H,5,7,10H2,1-2H3. The number of rotatable bonds is 7. The van der Waals surface area contributed by atoms with Gasteiger partial charge >= 0.3 is 0 Å². The summed E-state index contributed by atoms with van der Waals surface area (Å²) in [4.78, 5) is 29.8. The van der Waals surface area contributed by atoms with Gasteiger partial charge in [-0.25, -0.2) is 4.98 Å². The van der Waals surface area contributed by atoms with Crippen LogP contribution in [-0.4, -0.2) is 31.3 Å². The number of hydrogen-bond donors (Lipinski definition) is 2. The highest BCUT2D eigenvalue weighted by molar-refractivity contribution is 7.99. The number of ketones is 1. The summed E-state index contributed by atoms with van der Waals surface area (Å²) in [5.74, 6) is -0.307. The first kappa shape index (κ1) is 19.4. The zero-order chi connectivity index (χ0) is 19.6. The molecule has 0 fully saturated rings. The van der Waals surface area contributed by atoms with E-state index in [1.54, 1.807) is 10.6 Å². The second-order valence-corrected chi connectivity index (χ2v) is 8.44. The van der Waals surface area contributed by atoms with E-state index in [-0.39, 0.29) is 28.6 Å². The van der Waals surface area contributed by atoms with Gasteiger partial charge in [-0.05, 0) is 42.0 Å². The molecular weight excluding hydrogens is 384 g/mol. The summed E-state index contributed by atoms with van der Waals surface area (Å²) in [7, 11) is 0. The van der Waals surface area contributed by atoms with E-state index in [9.17, 15) is 19.8 Å². The van der Waals surface area contributed by atoms with Crippen LogP contribution in [0.15, 0.2) is 39.6 Å². The van der Waals surface area contributed by atoms with Crippen molar-refractivity contribution in [2.24, 2.45) is 5.92 Å². The van der Waals surface area contributed by atoms with Crippen molar-refractivity contribution in [3.05, 3.63) is 45.6 Å². The van der Waals surface area contributed by atoms with E-state index in [4.69, 9.17) is 0 Å². The molecule has 2 aromatic heterocycles. The number of carbonyl (C=O) groups excluding carboxylic acids is 1. The Morgan fingerprint density at radius 1 is 1.26 bits per heavy atom. The fraction of sp³-hybridized carbons (Fsp3) is 0.316. The topological polar surface area (TPSA) is 92.4 Å². The molecule has 0 amide bonds. The maximum absolute atomic E-state index is 12.8. The first-order chi connectivity index (χ1) is 12.9. The lowest BCUT2D eigenvalue weighted by Gasteiger charge is -2.13. The normalized spacial score (nSPS) is 11.4. The minimum absolute atomic E-state index is 0.0760. The number of hydrogen-bond acceptors (Lipinski definition) is 7. The predicted molar refractivity (Wildman–Crippen MR) is 108 cm³/mol. The quantitative estimate of drug-likeness (QED) is 0.269. The molecule has 0 aliphatic carbocycles. The number of benzene rings is 1. The Labute approximate surface area is 164 Å². The summed E-state index contributed by atoms with van der Waals surface area (Å²) in [5.41, 5.74) is 0.862. The summed E-state index contributed by atoms with van der Waals surface area (Å²) in [6.07, 6.45) is 0.839. The zero-order valence-corrected chi connectivity index (χ0v) is 16.6. The van der Waals surface area contributed by atoms with Crippen molar-refractivity contribution in [2.75, 3.05) is 5.75 Å². The van der Waals surface area contributed by atoms with E-state index >= 15 is 0 Å². The second-order valence-electron chi connectivity index (χ2n) is 6.58. The summed E-state index contributed by atoms with van der Waals surface area (Å²) in [6, 6.07) is 5.78. The van der Waals surface area contributed by atoms with Gasteiger partial charge in [-0.3, -0.25) is 14.2 Å². The summed E-state index contributed by atoms with van der Waals surface area (Å²) < 4.78 is 2.27. The Bertz CT molecular complexity index is 1040. The largest absolute Gasteiger partial charge is 0.504 e. The van der Waals surface area contributed by atoms with Gasteiger partial charge in [-0.1, -0.05) is 25.6 Å². The third-order valence-corrected chi connectivity index (χ3v) is 5.96. The highest BCUT2D eigenvalue weighted by Gasteiger charge is 2.16. The molecule has 0 unspecified atom stereocenters. The van der Waals surface area contributed by atoms with Gasteiger partial charge in [0, 0.05) is 12.1 Å². The SMILES string of the molecule is CC(C)CCn1c(SCC(=O)c2ccc(O)c(O)c2)nc2ccsc2c1=O. The molecule has 27 heavy (non-hydrogen) atoms. The van der Waals surface area contributed by atoms with Crippen molar-refractivity contribution in [1.29, 1.82) is 0 Å². The van der Waals surface area contributed by atoms with Crippen LogP contribution >= 0.6 is 23.1 Å². The molecule has 3 rings (SSSR count). The van der Waals surface area contributed by atoms with Crippen molar-refractivity contribution in [3.63, 3.8) is 0 Å². The van der Waals surface area contributed by atoms with Crippen molar-refractivity contribution in [2.45, 2.75) is 32.0 Å². The molecule has 8 heteroatoms. The molecule has 1 aromatic carbocycles. The lowest BCUT2D eigenvalue weighted by molar-refractivity contribution is 0.102. The van der Waals surface area contributed by atoms with Crippen LogP contribution in [0, 0.1) is 5.92 Å². The minimum Gasteiger partial charge on any atom is -0.504 e. The van der Waals surface area contributed by atoms with Crippen LogP contribution in [0.25, 0.3) is 10.2 Å². The van der Waals surface area contributed by atoms with Gasteiger partial charge < -0.3 is 10.2 Å². The third-order valence-electron chi connectivity index (χ3n) is 4.09. The maximum Gasteiger partial charge on any atom is 0.272 e. The minimum atomic E-state index is -0.336. The van der Waals surface area contributed by atoms with E-state index in [0.29, 0.717) is 33.4 Å². The number of nitrogens with zero attached hydrogens (tertiary/aromatic N) is 2. The molecule has 3 aromatic rings. The van der Waals surface area contributed by atoms with Crippen LogP contribution < -0.4 is 5.56 Å². The van der Waals surface area contributed by atoms with Crippen LogP contribution in [0.3, 0.4) is 0 Å². The average Bonchev–Trinajstić information content (AvgIpc) is 3.10. The van der Waals surface area contributed by atoms with E-state index in [1.807, 2.05) is 5.38 Å². The van der Waals surface area contributed by atoms with Gasteiger partial charge in [0.1, 0.15) is 4.70 Å². The summed E-state index contributed by atoms with van der Waals surface area (Å²) in [5, 5.41) is 21.3. The number of phenols is 2. The Balaban J connectivity index is 1.86. The highest BCUT2D eigenvalue weighted by atomic mass is 32.2. The molecule has 0 spiro atoms. The van der Waals surface area contributed by atoms with Gasteiger partial charge in [0.25, 0.3) is 5.56 Å². The van der Waals surface area contributed by atoms with Crippen LogP contribution in [0.5, 0.6) is 11.5 Å². The fourth-order valence-corrected chi connectivity index (χ4v) is 4.23. The Morgan fingerprint density at radius 2 is 2.04 bits per heavy atom. The van der Waals surface area contributed by atoms with E-state index in [1.165, 1.54) is 41.3 Å².